The van der Waals surface area contributed by atoms with E-state index in [4.69, 9.17) is 0 Å². The number of amides is 1. The topological polar surface area (TPSA) is 73.8 Å². The second-order valence-electron chi connectivity index (χ2n) is 6.53. The largest absolute Gasteiger partial charge is 0.356 e. The number of hydrogen-bond donors (Lipinski definition) is 2. The molecule has 0 aromatic carbocycles. The maximum absolute atomic E-state index is 12.1. The Labute approximate surface area is 172 Å². The van der Waals surface area contributed by atoms with Crippen molar-refractivity contribution in [2.75, 3.05) is 32.9 Å². The van der Waals surface area contributed by atoms with Gasteiger partial charge in [-0.05, 0) is 25.7 Å². The first-order chi connectivity index (χ1) is 11.5. The van der Waals surface area contributed by atoms with Gasteiger partial charge in [-0.25, -0.2) is 4.99 Å². The molecule has 1 aliphatic carbocycles. The van der Waals surface area contributed by atoms with E-state index in [1.807, 2.05) is 6.92 Å². The average Bonchev–Trinajstić information content (AvgIpc) is 2.58. The summed E-state index contributed by atoms with van der Waals surface area (Å²) in [6.07, 6.45) is 6.29. The first-order valence-electron chi connectivity index (χ1n) is 9.10. The Kier molecular flexibility index (Phi) is 13.6. The van der Waals surface area contributed by atoms with Gasteiger partial charge in [-0.15, -0.1) is 24.0 Å². The van der Waals surface area contributed by atoms with Crippen LogP contribution in [0, 0.1) is 0 Å². The highest BCUT2D eigenvalue weighted by Crippen LogP contribution is 2.22. The molecule has 2 N–H and O–H groups in total. The summed E-state index contributed by atoms with van der Waals surface area (Å²) in [5.41, 5.74) is 0. The van der Waals surface area contributed by atoms with Gasteiger partial charge in [-0.1, -0.05) is 26.7 Å². The molecule has 6 nitrogen and oxygen atoms in total. The minimum Gasteiger partial charge on any atom is -0.356 e. The number of rotatable bonds is 8. The number of hydrogen-bond acceptors (Lipinski definition) is 3. The molecule has 8 heteroatoms. The van der Waals surface area contributed by atoms with Gasteiger partial charge in [-0.2, -0.15) is 0 Å². The van der Waals surface area contributed by atoms with Crippen LogP contribution in [0.4, 0.5) is 0 Å². The fraction of sp³-hybridized carbons (Fsp3) is 0.882. The quantitative estimate of drug-likeness (QED) is 0.239. The van der Waals surface area contributed by atoms with Crippen LogP contribution in [-0.4, -0.2) is 65.2 Å². The second kappa shape index (κ2) is 13.8. The Hall–Kier alpha value is -0.380. The molecular weight excluding hydrogens is 451 g/mol. The molecule has 25 heavy (non-hydrogen) atoms. The van der Waals surface area contributed by atoms with Crippen LogP contribution in [0.25, 0.3) is 0 Å². The van der Waals surface area contributed by atoms with E-state index in [0.717, 1.165) is 50.8 Å². The molecule has 0 saturated heterocycles. The van der Waals surface area contributed by atoms with Crippen molar-refractivity contribution in [3.63, 3.8) is 0 Å². The summed E-state index contributed by atoms with van der Waals surface area (Å²) in [6, 6.07) is 0.279. The molecule has 0 heterocycles. The van der Waals surface area contributed by atoms with Crippen LogP contribution in [0.5, 0.6) is 0 Å². The zero-order valence-corrected chi connectivity index (χ0v) is 19.2. The lowest BCUT2D eigenvalue weighted by Gasteiger charge is -2.30. The third kappa shape index (κ3) is 9.77. The molecule has 0 bridgehead atoms. The van der Waals surface area contributed by atoms with Crippen LogP contribution in [0.3, 0.4) is 0 Å². The van der Waals surface area contributed by atoms with E-state index in [-0.39, 0.29) is 47.7 Å². The summed E-state index contributed by atoms with van der Waals surface area (Å²) in [7, 11) is 2.74. The standard InChI is InChI=1S/C17H34N4O2S.HI/c1-5-7-11-18-17(19-13-16(22)21(3)4)20-14-9-8-10-15(12-14)24(23)6-2;/h14-15H,5-13H2,1-4H3,(H2,18,19,20);1H. The second-order valence-corrected chi connectivity index (χ2v) is 8.54. The Morgan fingerprint density at radius 3 is 2.60 bits per heavy atom. The first-order valence-corrected chi connectivity index (χ1v) is 10.5. The number of unbranched alkanes of at least 4 members (excludes halogenated alkanes) is 1. The molecule has 0 aliphatic heterocycles. The summed E-state index contributed by atoms with van der Waals surface area (Å²) in [4.78, 5) is 17.8. The normalized spacial score (nSPS) is 21.8. The fourth-order valence-corrected chi connectivity index (χ4v) is 4.12. The summed E-state index contributed by atoms with van der Waals surface area (Å²) in [6.45, 7) is 5.12. The van der Waals surface area contributed by atoms with Crippen molar-refractivity contribution in [3.05, 3.63) is 0 Å². The molecule has 0 aromatic heterocycles. The first kappa shape index (κ1) is 24.6. The van der Waals surface area contributed by atoms with Gasteiger partial charge in [0.2, 0.25) is 5.91 Å². The third-order valence-electron chi connectivity index (χ3n) is 4.32. The average molecular weight is 486 g/mol. The van der Waals surface area contributed by atoms with Crippen molar-refractivity contribution >= 4 is 46.6 Å². The monoisotopic (exact) mass is 486 g/mol. The van der Waals surface area contributed by atoms with Gasteiger partial charge >= 0.3 is 0 Å². The minimum absolute atomic E-state index is 0. The van der Waals surface area contributed by atoms with Crippen LogP contribution in [0.1, 0.15) is 52.4 Å². The lowest BCUT2D eigenvalue weighted by molar-refractivity contribution is -0.127. The van der Waals surface area contributed by atoms with Gasteiger partial charge < -0.3 is 15.5 Å². The Bertz CT molecular complexity index is 446. The number of likely N-dealkylation sites (N-methyl/N-ethyl adjacent to an activating group) is 1. The molecule has 0 radical (unpaired) electrons. The highest BCUT2D eigenvalue weighted by molar-refractivity contribution is 14.0. The zero-order valence-electron chi connectivity index (χ0n) is 16.0. The summed E-state index contributed by atoms with van der Waals surface area (Å²) in [5, 5.41) is 7.04. The molecule has 1 rings (SSSR count). The predicted octanol–water partition coefficient (Wildman–Crippen LogP) is 2.11. The Morgan fingerprint density at radius 2 is 2.00 bits per heavy atom. The lowest BCUT2D eigenvalue weighted by atomic mass is 9.95. The van der Waals surface area contributed by atoms with Crippen LogP contribution in [0.2, 0.25) is 0 Å². The SMILES string of the molecule is CCCCNC(=NCC(=O)N(C)C)NC1CCCC(S(=O)CC)C1.I. The minimum atomic E-state index is -0.734. The molecule has 0 spiro atoms. The van der Waals surface area contributed by atoms with Crippen LogP contribution in [0.15, 0.2) is 4.99 Å². The van der Waals surface area contributed by atoms with Crippen LogP contribution >= 0.6 is 24.0 Å². The number of carbonyl (C=O) groups excluding carboxylic acids is 1. The van der Waals surface area contributed by atoms with Crippen molar-refractivity contribution in [2.24, 2.45) is 4.99 Å². The van der Waals surface area contributed by atoms with Crippen LogP contribution < -0.4 is 10.6 Å². The van der Waals surface area contributed by atoms with Crippen molar-refractivity contribution in [1.29, 1.82) is 0 Å². The van der Waals surface area contributed by atoms with E-state index >= 15 is 0 Å². The number of aliphatic imine (C=N–C) groups is 1. The summed E-state index contributed by atoms with van der Waals surface area (Å²) >= 11 is 0. The van der Waals surface area contributed by atoms with E-state index in [1.165, 1.54) is 0 Å². The van der Waals surface area contributed by atoms with E-state index < -0.39 is 10.8 Å². The maximum atomic E-state index is 12.1. The molecule has 1 fully saturated rings. The van der Waals surface area contributed by atoms with E-state index in [0.29, 0.717) is 5.96 Å². The molecule has 3 atom stereocenters. The lowest BCUT2D eigenvalue weighted by Crippen LogP contribution is -2.47. The van der Waals surface area contributed by atoms with Gasteiger partial charge in [0.25, 0.3) is 0 Å². The highest BCUT2D eigenvalue weighted by Gasteiger charge is 2.26. The van der Waals surface area contributed by atoms with E-state index in [9.17, 15) is 9.00 Å². The van der Waals surface area contributed by atoms with Gasteiger partial charge in [0.05, 0.1) is 0 Å². The summed E-state index contributed by atoms with van der Waals surface area (Å²) < 4.78 is 12.1. The van der Waals surface area contributed by atoms with Crippen LogP contribution in [-0.2, 0) is 15.6 Å². The molecular formula is C17H35IN4O2S. The third-order valence-corrected chi connectivity index (χ3v) is 6.06. The van der Waals surface area contributed by atoms with Crippen molar-refractivity contribution in [2.45, 2.75) is 63.7 Å². The van der Waals surface area contributed by atoms with E-state index in [2.05, 4.69) is 22.5 Å². The smallest absolute Gasteiger partial charge is 0.243 e. The molecule has 1 aliphatic rings. The molecule has 148 valence electrons. The predicted molar refractivity (Wildman–Crippen MR) is 117 cm³/mol. The van der Waals surface area contributed by atoms with Gasteiger partial charge in [-0.3, -0.25) is 9.00 Å². The van der Waals surface area contributed by atoms with Gasteiger partial charge in [0.1, 0.15) is 6.54 Å². The number of halogens is 1. The van der Waals surface area contributed by atoms with Gasteiger partial charge in [0, 0.05) is 48.5 Å². The van der Waals surface area contributed by atoms with Crippen molar-refractivity contribution in [1.82, 2.24) is 15.5 Å². The van der Waals surface area contributed by atoms with Crippen molar-refractivity contribution in [3.8, 4) is 0 Å². The maximum Gasteiger partial charge on any atom is 0.243 e. The van der Waals surface area contributed by atoms with Gasteiger partial charge in [0.15, 0.2) is 5.96 Å². The summed E-state index contributed by atoms with van der Waals surface area (Å²) in [5.74, 6) is 1.41. The number of carbonyl (C=O) groups is 1. The molecule has 1 amide bonds. The molecule has 0 aromatic rings. The highest BCUT2D eigenvalue weighted by atomic mass is 127. The Morgan fingerprint density at radius 1 is 1.28 bits per heavy atom. The van der Waals surface area contributed by atoms with E-state index in [1.54, 1.807) is 19.0 Å². The fourth-order valence-electron chi connectivity index (χ4n) is 2.77. The Balaban J connectivity index is 0.00000576. The molecule has 3 unspecified atom stereocenters. The zero-order chi connectivity index (χ0) is 17.9. The number of nitrogens with one attached hydrogen (secondary N) is 2. The number of nitrogens with zero attached hydrogens (tertiary/aromatic N) is 2. The number of guanidine groups is 1. The molecule has 1 saturated carbocycles. The van der Waals surface area contributed by atoms with Crippen molar-refractivity contribution < 1.29 is 9.00 Å².